The van der Waals surface area contributed by atoms with Gasteiger partial charge >= 0.3 is 5.97 Å². The average molecular weight is 437 g/mol. The summed E-state index contributed by atoms with van der Waals surface area (Å²) >= 11 is 0. The zero-order valence-electron chi connectivity index (χ0n) is 17.2. The number of rotatable bonds is 8. The molecular weight excluding hydrogens is 414 g/mol. The first-order chi connectivity index (χ1) is 15.4. The van der Waals surface area contributed by atoms with E-state index < -0.39 is 29.7 Å². The van der Waals surface area contributed by atoms with Crippen molar-refractivity contribution in [1.82, 2.24) is 10.4 Å². The topological polar surface area (TPSA) is 136 Å². The lowest BCUT2D eigenvalue weighted by molar-refractivity contribution is -0.142. The largest absolute Gasteiger partial charge is 0.480 e. The number of amides is 3. The Labute approximate surface area is 184 Å². The molecule has 0 aromatic heterocycles. The van der Waals surface area contributed by atoms with Crippen LogP contribution in [0, 0.1) is 0 Å². The van der Waals surface area contributed by atoms with Crippen LogP contribution in [0.5, 0.6) is 0 Å². The van der Waals surface area contributed by atoms with Crippen LogP contribution >= 0.6 is 0 Å². The summed E-state index contributed by atoms with van der Waals surface area (Å²) in [4.78, 5) is 49.6. The van der Waals surface area contributed by atoms with Gasteiger partial charge in [0.25, 0.3) is 11.8 Å². The van der Waals surface area contributed by atoms with Gasteiger partial charge in [0.15, 0.2) is 0 Å². The van der Waals surface area contributed by atoms with E-state index in [1.54, 1.807) is 17.6 Å². The molecular formula is C23H23N3O6. The molecule has 166 valence electrons. The van der Waals surface area contributed by atoms with Gasteiger partial charge in [-0.15, -0.1) is 0 Å². The molecule has 0 aliphatic carbocycles. The molecule has 2 aromatic carbocycles. The Balaban J connectivity index is 1.49. The highest BCUT2D eigenvalue weighted by Crippen LogP contribution is 2.37. The van der Waals surface area contributed by atoms with Gasteiger partial charge in [-0.25, -0.2) is 10.3 Å². The lowest BCUT2D eigenvalue weighted by Gasteiger charge is -2.25. The van der Waals surface area contributed by atoms with Crippen LogP contribution in [0.3, 0.4) is 0 Å². The van der Waals surface area contributed by atoms with E-state index in [1.807, 2.05) is 18.2 Å². The van der Waals surface area contributed by atoms with Crippen LogP contribution in [-0.2, 0) is 16.0 Å². The number of carbonyl (C=O) groups is 4. The van der Waals surface area contributed by atoms with E-state index in [1.165, 1.54) is 12.1 Å². The number of carboxylic acid groups (broad SMARTS) is 1. The van der Waals surface area contributed by atoms with Gasteiger partial charge < -0.3 is 10.4 Å². The molecule has 1 unspecified atom stereocenters. The first-order valence-electron chi connectivity index (χ1n) is 10.4. The normalized spacial score (nSPS) is 17.5. The van der Waals surface area contributed by atoms with Crippen LogP contribution in [0.1, 0.15) is 57.0 Å². The van der Waals surface area contributed by atoms with Gasteiger partial charge in [-0.05, 0) is 48.6 Å². The minimum Gasteiger partial charge on any atom is -0.480 e. The maximum absolute atomic E-state index is 12.8. The molecule has 2 aromatic rings. The summed E-state index contributed by atoms with van der Waals surface area (Å²) in [6, 6.07) is 10.9. The minimum atomic E-state index is -1.27. The number of nitrogens with zero attached hydrogens (tertiary/aromatic N) is 1. The lowest BCUT2D eigenvalue weighted by atomic mass is 9.92. The number of anilines is 1. The molecule has 9 nitrogen and oxygen atoms in total. The molecule has 0 fully saturated rings. The number of hydroxylamine groups is 1. The summed E-state index contributed by atoms with van der Waals surface area (Å²) in [5.41, 5.74) is 4.90. The van der Waals surface area contributed by atoms with E-state index in [9.17, 15) is 24.3 Å². The molecule has 2 aliphatic rings. The van der Waals surface area contributed by atoms with E-state index >= 15 is 0 Å². The monoisotopic (exact) mass is 437 g/mol. The van der Waals surface area contributed by atoms with Crippen LogP contribution in [-0.4, -0.2) is 51.5 Å². The Morgan fingerprint density at radius 3 is 2.44 bits per heavy atom. The lowest BCUT2D eigenvalue weighted by Crippen LogP contribution is -2.45. The van der Waals surface area contributed by atoms with Crippen molar-refractivity contribution in [3.05, 3.63) is 64.7 Å². The number of aryl methyl sites for hydroxylation is 1. The van der Waals surface area contributed by atoms with Crippen LogP contribution in [0.25, 0.3) is 0 Å². The zero-order chi connectivity index (χ0) is 22.8. The van der Waals surface area contributed by atoms with Crippen molar-refractivity contribution in [3.8, 4) is 0 Å². The maximum Gasteiger partial charge on any atom is 0.326 e. The molecule has 0 bridgehead atoms. The second-order valence-electron chi connectivity index (χ2n) is 8.00. The van der Waals surface area contributed by atoms with Gasteiger partial charge in [0.05, 0.1) is 11.1 Å². The number of hydrogen-bond donors (Lipinski definition) is 4. The maximum atomic E-state index is 12.8. The predicted molar refractivity (Wildman–Crippen MR) is 114 cm³/mol. The van der Waals surface area contributed by atoms with E-state index in [-0.39, 0.29) is 29.9 Å². The van der Waals surface area contributed by atoms with Crippen LogP contribution < -0.4 is 10.8 Å². The number of hydrogen-bond acceptors (Lipinski definition) is 6. The fourth-order valence-electron chi connectivity index (χ4n) is 4.41. The summed E-state index contributed by atoms with van der Waals surface area (Å²) in [6.45, 7) is 0.499. The Morgan fingerprint density at radius 2 is 1.81 bits per heavy atom. The first-order valence-corrected chi connectivity index (χ1v) is 10.4. The average Bonchev–Trinajstić information content (AvgIpc) is 3.30. The molecule has 0 saturated heterocycles. The smallest absolute Gasteiger partial charge is 0.326 e. The standard InChI is InChI=1S/C23H23N3O6/c27-20(25-32)7-3-4-13-8-9-15-14(12-24-18(15)10-13)11-19(23(30)31)26-21(28)16-5-1-2-6-17(16)22(26)29/h1-2,5-6,8-10,14,19,24,32H,3-4,7,11-12H2,(H,25,27)(H,30,31)/t14?,19-/m0/s1. The summed E-state index contributed by atoms with van der Waals surface area (Å²) in [5.74, 6) is -2.98. The van der Waals surface area contributed by atoms with Crippen LogP contribution in [0.4, 0.5) is 5.69 Å². The number of carboxylic acids is 1. The predicted octanol–water partition coefficient (Wildman–Crippen LogP) is 2.16. The summed E-state index contributed by atoms with van der Waals surface area (Å²) in [7, 11) is 0. The number of imide groups is 1. The van der Waals surface area contributed by atoms with Crippen molar-refractivity contribution in [3.63, 3.8) is 0 Å². The van der Waals surface area contributed by atoms with Gasteiger partial charge in [0.1, 0.15) is 6.04 Å². The minimum absolute atomic E-state index is 0.108. The third-order valence-electron chi connectivity index (χ3n) is 6.02. The van der Waals surface area contributed by atoms with Crippen molar-refractivity contribution in [1.29, 1.82) is 0 Å². The van der Waals surface area contributed by atoms with E-state index in [0.29, 0.717) is 19.4 Å². The highest BCUT2D eigenvalue weighted by atomic mass is 16.5. The molecule has 4 N–H and O–H groups in total. The number of benzene rings is 2. The Morgan fingerprint density at radius 1 is 1.12 bits per heavy atom. The Hall–Kier alpha value is -3.72. The van der Waals surface area contributed by atoms with E-state index in [0.717, 1.165) is 21.7 Å². The first kappa shape index (κ1) is 21.5. The second kappa shape index (κ2) is 8.80. The molecule has 0 spiro atoms. The van der Waals surface area contributed by atoms with Crippen LogP contribution in [0.2, 0.25) is 0 Å². The Bertz CT molecular complexity index is 1060. The zero-order valence-corrected chi connectivity index (χ0v) is 17.2. The van der Waals surface area contributed by atoms with Gasteiger partial charge in [-0.2, -0.15) is 0 Å². The fourth-order valence-corrected chi connectivity index (χ4v) is 4.41. The molecule has 2 heterocycles. The summed E-state index contributed by atoms with van der Waals surface area (Å²) < 4.78 is 0. The number of fused-ring (bicyclic) bond motifs is 2. The van der Waals surface area contributed by atoms with E-state index in [4.69, 9.17) is 5.21 Å². The summed E-state index contributed by atoms with van der Waals surface area (Å²) in [5, 5.41) is 21.7. The molecule has 32 heavy (non-hydrogen) atoms. The highest BCUT2D eigenvalue weighted by molar-refractivity contribution is 6.22. The molecule has 9 heteroatoms. The van der Waals surface area contributed by atoms with Crippen molar-refractivity contribution in [2.24, 2.45) is 0 Å². The Kier molecular flexibility index (Phi) is 5.91. The quantitative estimate of drug-likeness (QED) is 0.282. The van der Waals surface area contributed by atoms with Crippen molar-refractivity contribution >= 4 is 29.4 Å². The molecule has 3 amide bonds. The third-order valence-corrected chi connectivity index (χ3v) is 6.02. The van der Waals surface area contributed by atoms with Gasteiger partial charge in [0.2, 0.25) is 5.91 Å². The SMILES string of the molecule is O=C(CCCc1ccc2c(c1)NCC2C[C@@H](C(=O)O)N1C(=O)c2ccccc2C1=O)NO. The molecule has 2 aliphatic heterocycles. The van der Waals surface area contributed by atoms with Crippen molar-refractivity contribution in [2.45, 2.75) is 37.6 Å². The number of aliphatic carboxylic acids is 1. The van der Waals surface area contributed by atoms with Crippen LogP contribution in [0.15, 0.2) is 42.5 Å². The second-order valence-corrected chi connectivity index (χ2v) is 8.00. The van der Waals surface area contributed by atoms with Crippen molar-refractivity contribution in [2.75, 3.05) is 11.9 Å². The molecule has 2 atom stereocenters. The fraction of sp³-hybridized carbons (Fsp3) is 0.304. The van der Waals surface area contributed by atoms with Gasteiger partial charge in [-0.1, -0.05) is 24.3 Å². The van der Waals surface area contributed by atoms with Crippen molar-refractivity contribution < 1.29 is 29.5 Å². The van der Waals surface area contributed by atoms with Gasteiger partial charge in [-0.3, -0.25) is 24.5 Å². The highest BCUT2D eigenvalue weighted by Gasteiger charge is 2.44. The number of carbonyl (C=O) groups excluding carboxylic acids is 3. The summed E-state index contributed by atoms with van der Waals surface area (Å²) in [6.07, 6.45) is 1.55. The van der Waals surface area contributed by atoms with Gasteiger partial charge in [0, 0.05) is 24.6 Å². The molecule has 4 rings (SSSR count). The molecule has 0 saturated carbocycles. The molecule has 0 radical (unpaired) electrons. The third kappa shape index (κ3) is 3.94. The van der Waals surface area contributed by atoms with E-state index in [2.05, 4.69) is 5.32 Å². The number of nitrogens with one attached hydrogen (secondary N) is 2.